The minimum Gasteiger partial charge on any atom is -0.497 e. The fraction of sp³-hybridized carbons (Fsp3) is 0.500. The van der Waals surface area contributed by atoms with Gasteiger partial charge < -0.3 is 14.2 Å². The molecule has 0 N–H and O–H groups in total. The van der Waals surface area contributed by atoms with Crippen LogP contribution in [0, 0.1) is 0 Å². The molecule has 18 heavy (non-hydrogen) atoms. The summed E-state index contributed by atoms with van der Waals surface area (Å²) in [5, 5.41) is 0. The molecule has 1 unspecified atom stereocenters. The Morgan fingerprint density at radius 3 is 2.44 bits per heavy atom. The maximum absolute atomic E-state index is 12.1. The average Bonchev–Trinajstić information content (AvgIpc) is 3.15. The second-order valence-electron chi connectivity index (χ2n) is 4.80. The van der Waals surface area contributed by atoms with E-state index in [2.05, 4.69) is 0 Å². The Hall–Kier alpha value is -1.55. The summed E-state index contributed by atoms with van der Waals surface area (Å²) in [6, 6.07) is 7.37. The molecule has 1 saturated carbocycles. The lowest BCUT2D eigenvalue weighted by atomic mass is 9.95. The number of rotatable bonds is 4. The Morgan fingerprint density at radius 1 is 1.33 bits per heavy atom. The minimum absolute atomic E-state index is 0.0943. The first-order valence-electron chi connectivity index (χ1n) is 6.24. The molecule has 3 rings (SSSR count). The molecule has 1 aromatic carbocycles. The summed E-state index contributed by atoms with van der Waals surface area (Å²) >= 11 is 0. The van der Waals surface area contributed by atoms with Crippen molar-refractivity contribution >= 4 is 5.97 Å². The van der Waals surface area contributed by atoms with Crippen molar-refractivity contribution in [2.45, 2.75) is 31.0 Å². The van der Waals surface area contributed by atoms with Crippen molar-refractivity contribution in [3.8, 4) is 5.75 Å². The van der Waals surface area contributed by atoms with Gasteiger partial charge in [-0.3, -0.25) is 0 Å². The van der Waals surface area contributed by atoms with Crippen molar-refractivity contribution in [1.29, 1.82) is 0 Å². The van der Waals surface area contributed by atoms with E-state index in [0.717, 1.165) is 30.6 Å². The Kier molecular flexibility index (Phi) is 2.74. The summed E-state index contributed by atoms with van der Waals surface area (Å²) in [6.45, 7) is 0.408. The monoisotopic (exact) mass is 248 g/mol. The van der Waals surface area contributed by atoms with Crippen LogP contribution in [0.25, 0.3) is 0 Å². The van der Waals surface area contributed by atoms with Crippen molar-refractivity contribution in [3.05, 3.63) is 29.8 Å². The molecule has 1 saturated heterocycles. The van der Waals surface area contributed by atoms with Gasteiger partial charge in [0.25, 0.3) is 0 Å². The van der Waals surface area contributed by atoms with Crippen LogP contribution in [-0.2, 0) is 19.9 Å². The van der Waals surface area contributed by atoms with Crippen molar-refractivity contribution in [2.75, 3.05) is 13.7 Å². The maximum atomic E-state index is 12.1. The summed E-state index contributed by atoms with van der Waals surface area (Å²) in [7, 11) is 1.61. The van der Waals surface area contributed by atoms with Crippen molar-refractivity contribution in [2.24, 2.45) is 0 Å². The highest BCUT2D eigenvalue weighted by atomic mass is 16.6. The number of methoxy groups -OCH3 is 1. The zero-order chi connectivity index (χ0) is 12.6. The first kappa shape index (κ1) is 11.5. The van der Waals surface area contributed by atoms with Crippen molar-refractivity contribution in [3.63, 3.8) is 0 Å². The van der Waals surface area contributed by atoms with E-state index in [4.69, 9.17) is 14.2 Å². The lowest BCUT2D eigenvalue weighted by Crippen LogP contribution is -2.32. The number of hydrogen-bond donors (Lipinski definition) is 0. The lowest BCUT2D eigenvalue weighted by Gasteiger charge is -2.26. The highest BCUT2D eigenvalue weighted by Crippen LogP contribution is 2.41. The molecule has 1 heterocycles. The van der Waals surface area contributed by atoms with Crippen LogP contribution in [-0.4, -0.2) is 25.8 Å². The number of carbonyl (C=O) groups is 1. The number of benzene rings is 1. The molecule has 2 aliphatic rings. The van der Waals surface area contributed by atoms with Gasteiger partial charge in [0.2, 0.25) is 5.60 Å². The van der Waals surface area contributed by atoms with E-state index in [1.54, 1.807) is 7.11 Å². The lowest BCUT2D eigenvalue weighted by molar-refractivity contribution is -0.160. The molecule has 0 radical (unpaired) electrons. The molecule has 1 atom stereocenters. The molecular weight excluding hydrogens is 232 g/mol. The molecule has 0 spiro atoms. The molecule has 0 amide bonds. The van der Waals surface area contributed by atoms with E-state index in [1.165, 1.54) is 0 Å². The van der Waals surface area contributed by atoms with Gasteiger partial charge in [0, 0.05) is 0 Å². The predicted molar refractivity (Wildman–Crippen MR) is 64.4 cm³/mol. The van der Waals surface area contributed by atoms with Gasteiger partial charge in [-0.2, -0.15) is 0 Å². The SMILES string of the molecule is COc1ccc(C2(C(=O)OC3CCC3)CO2)cc1. The Bertz CT molecular complexity index is 443. The Morgan fingerprint density at radius 2 is 2.00 bits per heavy atom. The fourth-order valence-corrected chi connectivity index (χ4v) is 2.07. The third kappa shape index (κ3) is 1.86. The summed E-state index contributed by atoms with van der Waals surface area (Å²) in [5.41, 5.74) is -0.0189. The smallest absolute Gasteiger partial charge is 0.345 e. The van der Waals surface area contributed by atoms with Crippen molar-refractivity contribution < 1.29 is 19.0 Å². The fourth-order valence-electron chi connectivity index (χ4n) is 2.07. The zero-order valence-electron chi connectivity index (χ0n) is 10.3. The van der Waals surface area contributed by atoms with Crippen LogP contribution in [0.15, 0.2) is 24.3 Å². The van der Waals surface area contributed by atoms with Gasteiger partial charge in [0.1, 0.15) is 11.9 Å². The topological polar surface area (TPSA) is 48.1 Å². The molecule has 96 valence electrons. The van der Waals surface area contributed by atoms with Gasteiger partial charge in [0.05, 0.1) is 13.7 Å². The van der Waals surface area contributed by atoms with Crippen LogP contribution in [0.4, 0.5) is 0 Å². The summed E-state index contributed by atoms with van der Waals surface area (Å²) in [5.74, 6) is 0.513. The van der Waals surface area contributed by atoms with Gasteiger partial charge in [-0.1, -0.05) is 12.1 Å². The van der Waals surface area contributed by atoms with Crippen LogP contribution >= 0.6 is 0 Å². The second-order valence-corrected chi connectivity index (χ2v) is 4.80. The van der Waals surface area contributed by atoms with Gasteiger partial charge in [-0.25, -0.2) is 4.79 Å². The third-order valence-corrected chi connectivity index (χ3v) is 3.64. The Balaban J connectivity index is 1.74. The van der Waals surface area contributed by atoms with Crippen LogP contribution in [0.5, 0.6) is 5.75 Å². The molecule has 0 bridgehead atoms. The van der Waals surface area contributed by atoms with Gasteiger partial charge in [-0.15, -0.1) is 0 Å². The maximum Gasteiger partial charge on any atom is 0.345 e. The first-order chi connectivity index (χ1) is 8.74. The summed E-state index contributed by atoms with van der Waals surface area (Å²) < 4.78 is 15.9. The summed E-state index contributed by atoms with van der Waals surface area (Å²) in [4.78, 5) is 12.1. The van der Waals surface area contributed by atoms with Gasteiger partial charge in [0.15, 0.2) is 0 Å². The van der Waals surface area contributed by atoms with E-state index >= 15 is 0 Å². The number of ether oxygens (including phenoxy) is 3. The highest BCUT2D eigenvalue weighted by molar-refractivity contribution is 5.84. The predicted octanol–water partition coefficient (Wildman–Crippen LogP) is 2.02. The molecule has 2 fully saturated rings. The van der Waals surface area contributed by atoms with E-state index in [9.17, 15) is 4.79 Å². The molecule has 0 aromatic heterocycles. The van der Waals surface area contributed by atoms with E-state index in [-0.39, 0.29) is 12.1 Å². The molecule has 1 aliphatic carbocycles. The quantitative estimate of drug-likeness (QED) is 0.604. The Labute approximate surface area is 106 Å². The average molecular weight is 248 g/mol. The number of epoxide rings is 1. The van der Waals surface area contributed by atoms with E-state index in [0.29, 0.717) is 6.61 Å². The molecule has 4 heteroatoms. The second kappa shape index (κ2) is 4.28. The van der Waals surface area contributed by atoms with Crippen LogP contribution in [0.1, 0.15) is 24.8 Å². The van der Waals surface area contributed by atoms with Crippen LogP contribution in [0.3, 0.4) is 0 Å². The number of hydrogen-bond acceptors (Lipinski definition) is 4. The molecular formula is C14H16O4. The summed E-state index contributed by atoms with van der Waals surface area (Å²) in [6.07, 6.45) is 3.19. The first-order valence-corrected chi connectivity index (χ1v) is 6.24. The van der Waals surface area contributed by atoms with Gasteiger partial charge >= 0.3 is 5.97 Å². The zero-order valence-corrected chi connectivity index (χ0v) is 10.3. The largest absolute Gasteiger partial charge is 0.497 e. The number of esters is 1. The molecule has 1 aliphatic heterocycles. The van der Waals surface area contributed by atoms with E-state index < -0.39 is 5.60 Å². The standard InChI is InChI=1S/C14H16O4/c1-16-11-7-5-10(6-8-11)14(9-17-14)13(15)18-12-3-2-4-12/h5-8,12H,2-4,9H2,1H3. The minimum atomic E-state index is -0.859. The normalized spacial score (nSPS) is 26.3. The molecule has 1 aromatic rings. The third-order valence-electron chi connectivity index (χ3n) is 3.64. The van der Waals surface area contributed by atoms with Gasteiger partial charge in [-0.05, 0) is 37.0 Å². The molecule has 4 nitrogen and oxygen atoms in total. The van der Waals surface area contributed by atoms with Crippen LogP contribution in [0.2, 0.25) is 0 Å². The van der Waals surface area contributed by atoms with E-state index in [1.807, 2.05) is 24.3 Å². The highest BCUT2D eigenvalue weighted by Gasteiger charge is 2.56. The van der Waals surface area contributed by atoms with Crippen LogP contribution < -0.4 is 4.74 Å². The number of carbonyl (C=O) groups excluding carboxylic acids is 1. The van der Waals surface area contributed by atoms with Crippen molar-refractivity contribution in [1.82, 2.24) is 0 Å².